The monoisotopic (exact) mass is 289 g/mol. The molecule has 1 aromatic heterocycles. The third-order valence-corrected chi connectivity index (χ3v) is 4.23. The quantitative estimate of drug-likeness (QED) is 0.811. The summed E-state index contributed by atoms with van der Waals surface area (Å²) in [7, 11) is 0. The van der Waals surface area contributed by atoms with Crippen molar-refractivity contribution in [2.75, 3.05) is 13.2 Å². The predicted molar refractivity (Wildman–Crippen MR) is 80.3 cm³/mol. The molecule has 4 nitrogen and oxygen atoms in total. The zero-order valence-corrected chi connectivity index (χ0v) is 12.2. The molecular weight excluding hydrogens is 270 g/mol. The Morgan fingerprint density at radius 2 is 1.85 bits per heavy atom. The van der Waals surface area contributed by atoms with Crippen LogP contribution in [-0.4, -0.2) is 29.4 Å². The van der Waals surface area contributed by atoms with Crippen LogP contribution >= 0.6 is 11.3 Å². The topological polar surface area (TPSA) is 47.0 Å². The fraction of sp³-hybridized carbons (Fsp3) is 0.467. The molecule has 0 saturated heterocycles. The molecule has 1 aliphatic rings. The summed E-state index contributed by atoms with van der Waals surface area (Å²) in [6.45, 7) is 1.67. The molecule has 3 rings (SSSR count). The molecule has 106 valence electrons. The zero-order chi connectivity index (χ0) is 13.6. The molecule has 0 radical (unpaired) electrons. The lowest BCUT2D eigenvalue weighted by molar-refractivity contribution is 0.321. The first kappa shape index (κ1) is 13.5. The summed E-state index contributed by atoms with van der Waals surface area (Å²) < 4.78 is 5.67. The molecule has 1 fully saturated rings. The Bertz CT molecular complexity index is 525. The highest BCUT2D eigenvalue weighted by Gasteiger charge is 2.19. The van der Waals surface area contributed by atoms with Crippen molar-refractivity contribution in [3.63, 3.8) is 0 Å². The van der Waals surface area contributed by atoms with Crippen molar-refractivity contribution >= 4 is 11.3 Å². The van der Waals surface area contributed by atoms with Crippen LogP contribution in [0.25, 0.3) is 0 Å². The lowest BCUT2D eigenvalue weighted by Crippen LogP contribution is -2.19. The van der Waals surface area contributed by atoms with Crippen LogP contribution < -0.4 is 10.1 Å². The molecule has 0 unspecified atom stereocenters. The third kappa shape index (κ3) is 4.28. The van der Waals surface area contributed by atoms with Gasteiger partial charge in [-0.05, 0) is 25.0 Å². The molecule has 1 heterocycles. The van der Waals surface area contributed by atoms with Gasteiger partial charge >= 0.3 is 0 Å². The van der Waals surface area contributed by atoms with Crippen molar-refractivity contribution in [1.29, 1.82) is 0 Å². The van der Waals surface area contributed by atoms with E-state index in [1.165, 1.54) is 12.8 Å². The summed E-state index contributed by atoms with van der Waals surface area (Å²) in [5.74, 6) is 0.908. The Labute approximate surface area is 123 Å². The minimum Gasteiger partial charge on any atom is -0.493 e. The smallest absolute Gasteiger partial charge is 0.120 e. The van der Waals surface area contributed by atoms with Gasteiger partial charge in [-0.3, -0.25) is 0 Å². The minimum absolute atomic E-state index is 0.652. The maximum atomic E-state index is 5.67. The van der Waals surface area contributed by atoms with E-state index in [4.69, 9.17) is 4.74 Å². The standard InChI is InChI=1S/C15H19N3OS/c1-2-4-13(5-3-1)19-11-9-15-18-17-14(20-15)8-10-16-12-6-7-12/h1-5,12,16H,6-11H2. The maximum Gasteiger partial charge on any atom is 0.120 e. The third-order valence-electron chi connectivity index (χ3n) is 3.19. The van der Waals surface area contributed by atoms with Crippen LogP contribution in [0.2, 0.25) is 0 Å². The van der Waals surface area contributed by atoms with Crippen molar-refractivity contribution in [2.45, 2.75) is 31.7 Å². The lowest BCUT2D eigenvalue weighted by atomic mass is 10.3. The number of aromatic nitrogens is 2. The second-order valence-corrected chi connectivity index (χ2v) is 6.13. The average Bonchev–Trinajstić information content (AvgIpc) is 3.19. The van der Waals surface area contributed by atoms with E-state index in [9.17, 15) is 0 Å². The van der Waals surface area contributed by atoms with Gasteiger partial charge in [-0.2, -0.15) is 0 Å². The highest BCUT2D eigenvalue weighted by molar-refractivity contribution is 7.11. The Hall–Kier alpha value is -1.46. The molecule has 0 aliphatic heterocycles. The van der Waals surface area contributed by atoms with E-state index >= 15 is 0 Å². The van der Waals surface area contributed by atoms with Crippen molar-refractivity contribution in [2.24, 2.45) is 0 Å². The molecule has 2 aromatic rings. The normalized spacial score (nSPS) is 14.4. The first-order valence-corrected chi connectivity index (χ1v) is 7.94. The second-order valence-electron chi connectivity index (χ2n) is 4.98. The number of benzene rings is 1. The largest absolute Gasteiger partial charge is 0.493 e. The van der Waals surface area contributed by atoms with Gasteiger partial charge in [0.05, 0.1) is 6.61 Å². The molecule has 0 spiro atoms. The molecule has 0 amide bonds. The Kier molecular flexibility index (Phi) is 4.61. The van der Waals surface area contributed by atoms with Crippen LogP contribution in [-0.2, 0) is 12.8 Å². The van der Waals surface area contributed by atoms with Crippen LogP contribution in [0, 0.1) is 0 Å². The highest BCUT2D eigenvalue weighted by Crippen LogP contribution is 2.18. The predicted octanol–water partition coefficient (Wildman–Crippen LogP) is 2.45. The maximum absolute atomic E-state index is 5.67. The summed E-state index contributed by atoms with van der Waals surface area (Å²) in [5, 5.41) is 14.1. The first-order valence-electron chi connectivity index (χ1n) is 7.12. The summed E-state index contributed by atoms with van der Waals surface area (Å²) in [5.41, 5.74) is 0. The van der Waals surface area contributed by atoms with Gasteiger partial charge in [-0.15, -0.1) is 21.5 Å². The number of rotatable bonds is 8. The summed E-state index contributed by atoms with van der Waals surface area (Å²) in [6, 6.07) is 10.6. The summed E-state index contributed by atoms with van der Waals surface area (Å²) in [6.07, 6.45) is 4.46. The van der Waals surface area contributed by atoms with E-state index < -0.39 is 0 Å². The van der Waals surface area contributed by atoms with Crippen LogP contribution in [0.5, 0.6) is 5.75 Å². The molecule has 20 heavy (non-hydrogen) atoms. The molecule has 0 atom stereocenters. The van der Waals surface area contributed by atoms with Crippen LogP contribution in [0.3, 0.4) is 0 Å². The summed E-state index contributed by atoms with van der Waals surface area (Å²) in [4.78, 5) is 0. The molecule has 5 heteroatoms. The van der Waals surface area contributed by atoms with Gasteiger partial charge in [0.15, 0.2) is 0 Å². The van der Waals surface area contributed by atoms with E-state index in [0.717, 1.165) is 41.2 Å². The molecule has 1 aliphatic carbocycles. The van der Waals surface area contributed by atoms with Crippen molar-refractivity contribution < 1.29 is 4.74 Å². The van der Waals surface area contributed by atoms with E-state index in [1.807, 2.05) is 30.3 Å². The number of hydrogen-bond acceptors (Lipinski definition) is 5. The molecule has 1 saturated carbocycles. The molecular formula is C15H19N3OS. The van der Waals surface area contributed by atoms with Crippen molar-refractivity contribution in [3.05, 3.63) is 40.3 Å². The van der Waals surface area contributed by atoms with E-state index in [0.29, 0.717) is 6.61 Å². The van der Waals surface area contributed by atoms with Gasteiger partial charge in [0.2, 0.25) is 0 Å². The van der Waals surface area contributed by atoms with Gasteiger partial charge in [0, 0.05) is 25.4 Å². The van der Waals surface area contributed by atoms with Gasteiger partial charge in [-0.25, -0.2) is 0 Å². The van der Waals surface area contributed by atoms with E-state index in [-0.39, 0.29) is 0 Å². The van der Waals surface area contributed by atoms with Crippen molar-refractivity contribution in [1.82, 2.24) is 15.5 Å². The Morgan fingerprint density at radius 1 is 1.10 bits per heavy atom. The zero-order valence-electron chi connectivity index (χ0n) is 11.4. The number of ether oxygens (including phenoxy) is 1. The van der Waals surface area contributed by atoms with Gasteiger partial charge in [0.1, 0.15) is 15.8 Å². The van der Waals surface area contributed by atoms with Crippen LogP contribution in [0.1, 0.15) is 22.9 Å². The Balaban J connectivity index is 1.38. The molecule has 1 N–H and O–H groups in total. The fourth-order valence-corrected chi connectivity index (χ4v) is 2.76. The fourth-order valence-electron chi connectivity index (χ4n) is 1.93. The number of hydrogen-bond donors (Lipinski definition) is 1. The Morgan fingerprint density at radius 3 is 2.60 bits per heavy atom. The minimum atomic E-state index is 0.652. The lowest BCUT2D eigenvalue weighted by Gasteiger charge is -2.03. The number of para-hydroxylation sites is 1. The number of nitrogens with one attached hydrogen (secondary N) is 1. The number of nitrogens with zero attached hydrogens (tertiary/aromatic N) is 2. The average molecular weight is 289 g/mol. The summed E-state index contributed by atoms with van der Waals surface area (Å²) >= 11 is 1.70. The van der Waals surface area contributed by atoms with Crippen LogP contribution in [0.4, 0.5) is 0 Å². The molecule has 1 aromatic carbocycles. The van der Waals surface area contributed by atoms with Crippen LogP contribution in [0.15, 0.2) is 30.3 Å². The van der Waals surface area contributed by atoms with Gasteiger partial charge < -0.3 is 10.1 Å². The second kappa shape index (κ2) is 6.81. The van der Waals surface area contributed by atoms with Gasteiger partial charge in [-0.1, -0.05) is 18.2 Å². The first-order chi connectivity index (χ1) is 9.90. The molecule has 0 bridgehead atoms. The van der Waals surface area contributed by atoms with Crippen molar-refractivity contribution in [3.8, 4) is 5.75 Å². The SMILES string of the molecule is c1ccc(OCCc2nnc(CCNC3CC3)s2)cc1. The highest BCUT2D eigenvalue weighted by atomic mass is 32.1. The van der Waals surface area contributed by atoms with E-state index in [1.54, 1.807) is 11.3 Å². The van der Waals surface area contributed by atoms with Gasteiger partial charge in [0.25, 0.3) is 0 Å². The van der Waals surface area contributed by atoms with E-state index in [2.05, 4.69) is 15.5 Å².